The number of rotatable bonds is 4. The van der Waals surface area contributed by atoms with Gasteiger partial charge in [-0.05, 0) is 43.3 Å². The van der Waals surface area contributed by atoms with Crippen molar-refractivity contribution >= 4 is 11.7 Å². The van der Waals surface area contributed by atoms with Gasteiger partial charge in [0.05, 0.1) is 13.3 Å². The molecule has 1 spiro atoms. The highest BCUT2D eigenvalue weighted by molar-refractivity contribution is 5.90. The number of anilines is 1. The molecule has 2 fully saturated rings. The maximum atomic E-state index is 12.7. The number of urea groups is 1. The minimum Gasteiger partial charge on any atom is -0.478 e. The summed E-state index contributed by atoms with van der Waals surface area (Å²) in [4.78, 5) is 17.2. The fourth-order valence-corrected chi connectivity index (χ4v) is 4.44. The molecule has 1 N–H and O–H groups in total. The van der Waals surface area contributed by atoms with Crippen LogP contribution in [0.1, 0.15) is 24.8 Å². The summed E-state index contributed by atoms with van der Waals surface area (Å²) in [6, 6.07) is 10.6. The van der Waals surface area contributed by atoms with Crippen LogP contribution in [0.5, 0.6) is 5.88 Å². The number of ether oxygens (including phenoxy) is 1. The topological polar surface area (TPSA) is 62.6 Å². The Morgan fingerprint density at radius 2 is 1.89 bits per heavy atom. The number of aromatic nitrogens is 2. The van der Waals surface area contributed by atoms with E-state index in [-0.39, 0.29) is 11.4 Å². The van der Waals surface area contributed by atoms with Crippen LogP contribution in [-0.4, -0.2) is 58.9 Å². The van der Waals surface area contributed by atoms with E-state index in [1.165, 1.54) is 5.56 Å². The van der Waals surface area contributed by atoms with Crippen LogP contribution in [0, 0.1) is 5.41 Å². The van der Waals surface area contributed by atoms with Gasteiger partial charge in [0, 0.05) is 26.7 Å². The summed E-state index contributed by atoms with van der Waals surface area (Å²) in [5.41, 5.74) is 2.26. The molecule has 0 bridgehead atoms. The van der Waals surface area contributed by atoms with Gasteiger partial charge in [-0.3, -0.25) is 9.58 Å². The molecule has 1 aromatic heterocycles. The van der Waals surface area contributed by atoms with Gasteiger partial charge in [0.2, 0.25) is 0 Å². The molecule has 0 atom stereocenters. The first-order valence-electron chi connectivity index (χ1n) is 9.97. The SMILES string of the molecule is COc1nn(C)cc1NC(=O)N1CCC2(CCN(Cc3ccccc3)CC2)C1. The lowest BCUT2D eigenvalue weighted by Crippen LogP contribution is -2.42. The second-order valence-electron chi connectivity index (χ2n) is 8.09. The minimum absolute atomic E-state index is 0.0603. The number of carbonyl (C=O) groups is 1. The van der Waals surface area contributed by atoms with Crippen molar-refractivity contribution in [1.82, 2.24) is 19.6 Å². The minimum atomic E-state index is -0.0603. The molecule has 150 valence electrons. The van der Waals surface area contributed by atoms with E-state index in [0.717, 1.165) is 52.0 Å². The second kappa shape index (κ2) is 7.83. The van der Waals surface area contributed by atoms with E-state index < -0.39 is 0 Å². The van der Waals surface area contributed by atoms with Gasteiger partial charge in [-0.25, -0.2) is 4.79 Å². The highest BCUT2D eigenvalue weighted by atomic mass is 16.5. The number of likely N-dealkylation sites (tertiary alicyclic amines) is 2. The number of hydrogen-bond donors (Lipinski definition) is 1. The van der Waals surface area contributed by atoms with Crippen LogP contribution in [0.4, 0.5) is 10.5 Å². The molecule has 0 radical (unpaired) electrons. The van der Waals surface area contributed by atoms with E-state index in [9.17, 15) is 4.79 Å². The first kappa shape index (κ1) is 18.8. The van der Waals surface area contributed by atoms with Gasteiger partial charge in [-0.2, -0.15) is 0 Å². The number of methoxy groups -OCH3 is 1. The molecule has 4 rings (SSSR count). The second-order valence-corrected chi connectivity index (χ2v) is 8.09. The zero-order chi connectivity index (χ0) is 19.6. The summed E-state index contributed by atoms with van der Waals surface area (Å²) in [6.45, 7) is 4.86. The van der Waals surface area contributed by atoms with Crippen LogP contribution in [0.15, 0.2) is 36.5 Å². The van der Waals surface area contributed by atoms with Crippen LogP contribution in [0.25, 0.3) is 0 Å². The Balaban J connectivity index is 1.31. The lowest BCUT2D eigenvalue weighted by Gasteiger charge is -2.39. The number of hydrogen-bond acceptors (Lipinski definition) is 4. The predicted octanol–water partition coefficient (Wildman–Crippen LogP) is 2.95. The van der Waals surface area contributed by atoms with Crippen molar-refractivity contribution in [2.24, 2.45) is 12.5 Å². The van der Waals surface area contributed by atoms with E-state index in [0.29, 0.717) is 11.6 Å². The highest BCUT2D eigenvalue weighted by Gasteiger charge is 2.42. The maximum Gasteiger partial charge on any atom is 0.322 e. The lowest BCUT2D eigenvalue weighted by molar-refractivity contribution is 0.106. The summed E-state index contributed by atoms with van der Waals surface area (Å²) >= 11 is 0. The number of benzene rings is 1. The first-order valence-corrected chi connectivity index (χ1v) is 9.97. The third kappa shape index (κ3) is 3.99. The van der Waals surface area contributed by atoms with E-state index in [2.05, 4.69) is 45.6 Å². The van der Waals surface area contributed by atoms with Gasteiger partial charge in [0.15, 0.2) is 0 Å². The fourth-order valence-electron chi connectivity index (χ4n) is 4.44. The molecule has 1 aromatic carbocycles. The molecule has 7 heteroatoms. The standard InChI is InChI=1S/C21H29N5O2/c1-24-15-18(19(23-24)28-2)22-20(27)26-13-10-21(16-26)8-11-25(12-9-21)14-17-6-4-3-5-7-17/h3-7,15H,8-14,16H2,1-2H3,(H,22,27). The number of nitrogens with one attached hydrogen (secondary N) is 1. The molecular weight excluding hydrogens is 354 g/mol. The molecule has 28 heavy (non-hydrogen) atoms. The Bertz CT molecular complexity index is 811. The molecule has 0 aliphatic carbocycles. The van der Waals surface area contributed by atoms with Crippen molar-refractivity contribution < 1.29 is 9.53 Å². The quantitative estimate of drug-likeness (QED) is 0.882. The van der Waals surface area contributed by atoms with Gasteiger partial charge in [-0.15, -0.1) is 5.10 Å². The Labute approximate surface area is 166 Å². The number of nitrogens with zero attached hydrogens (tertiary/aromatic N) is 4. The Kier molecular flexibility index (Phi) is 5.26. The molecule has 3 heterocycles. The molecule has 2 amide bonds. The smallest absolute Gasteiger partial charge is 0.322 e. The van der Waals surface area contributed by atoms with Crippen molar-refractivity contribution in [2.45, 2.75) is 25.8 Å². The Morgan fingerprint density at radius 3 is 2.61 bits per heavy atom. The largest absolute Gasteiger partial charge is 0.478 e. The monoisotopic (exact) mass is 383 g/mol. The zero-order valence-electron chi connectivity index (χ0n) is 16.7. The highest BCUT2D eigenvalue weighted by Crippen LogP contribution is 2.41. The van der Waals surface area contributed by atoms with Crippen LogP contribution < -0.4 is 10.1 Å². The fraction of sp³-hybridized carbons (Fsp3) is 0.524. The Morgan fingerprint density at radius 1 is 1.18 bits per heavy atom. The molecule has 2 aliphatic rings. The number of piperidine rings is 1. The average Bonchev–Trinajstić information content (AvgIpc) is 3.28. The lowest BCUT2D eigenvalue weighted by atomic mass is 9.77. The van der Waals surface area contributed by atoms with Crippen molar-refractivity contribution in [3.05, 3.63) is 42.1 Å². The molecule has 7 nitrogen and oxygen atoms in total. The van der Waals surface area contributed by atoms with Crippen molar-refractivity contribution in [3.8, 4) is 5.88 Å². The van der Waals surface area contributed by atoms with Gasteiger partial charge in [-0.1, -0.05) is 30.3 Å². The van der Waals surface area contributed by atoms with E-state index in [4.69, 9.17) is 4.74 Å². The van der Waals surface area contributed by atoms with E-state index in [1.807, 2.05) is 11.9 Å². The summed E-state index contributed by atoms with van der Waals surface area (Å²) in [5.74, 6) is 0.444. The van der Waals surface area contributed by atoms with E-state index in [1.54, 1.807) is 18.0 Å². The summed E-state index contributed by atoms with van der Waals surface area (Å²) < 4.78 is 6.87. The van der Waals surface area contributed by atoms with Crippen molar-refractivity contribution in [3.63, 3.8) is 0 Å². The van der Waals surface area contributed by atoms with Crippen molar-refractivity contribution in [2.75, 3.05) is 38.6 Å². The van der Waals surface area contributed by atoms with Crippen LogP contribution in [0.2, 0.25) is 0 Å². The van der Waals surface area contributed by atoms with Crippen molar-refractivity contribution in [1.29, 1.82) is 0 Å². The summed E-state index contributed by atoms with van der Waals surface area (Å²) in [7, 11) is 3.37. The van der Waals surface area contributed by atoms with Gasteiger partial charge < -0.3 is 15.0 Å². The molecule has 2 aromatic rings. The van der Waals surface area contributed by atoms with Gasteiger partial charge in [0.25, 0.3) is 5.88 Å². The van der Waals surface area contributed by atoms with E-state index >= 15 is 0 Å². The normalized spacial score (nSPS) is 19.1. The third-order valence-corrected chi connectivity index (χ3v) is 6.12. The molecule has 0 unspecified atom stereocenters. The van der Waals surface area contributed by atoms with Crippen LogP contribution in [0.3, 0.4) is 0 Å². The number of aryl methyl sites for hydroxylation is 1. The maximum absolute atomic E-state index is 12.7. The molecule has 0 saturated carbocycles. The third-order valence-electron chi connectivity index (χ3n) is 6.12. The molecular formula is C21H29N5O2. The molecule has 2 aliphatic heterocycles. The predicted molar refractivity (Wildman–Crippen MR) is 108 cm³/mol. The van der Waals surface area contributed by atoms with Gasteiger partial charge in [0.1, 0.15) is 5.69 Å². The number of amides is 2. The summed E-state index contributed by atoms with van der Waals surface area (Å²) in [5, 5.41) is 7.15. The molecule has 2 saturated heterocycles. The van der Waals surface area contributed by atoms with Gasteiger partial charge >= 0.3 is 6.03 Å². The summed E-state index contributed by atoms with van der Waals surface area (Å²) in [6.07, 6.45) is 5.16. The number of carbonyl (C=O) groups excluding carboxylic acids is 1. The zero-order valence-corrected chi connectivity index (χ0v) is 16.7. The average molecular weight is 383 g/mol. The van der Waals surface area contributed by atoms with Crippen LogP contribution in [-0.2, 0) is 13.6 Å². The van der Waals surface area contributed by atoms with Crippen LogP contribution >= 0.6 is 0 Å². The Hall–Kier alpha value is -2.54. The first-order chi connectivity index (χ1) is 13.6.